The lowest BCUT2D eigenvalue weighted by molar-refractivity contribution is 0.368. The van der Waals surface area contributed by atoms with E-state index in [0.29, 0.717) is 6.04 Å². The van der Waals surface area contributed by atoms with Crippen molar-refractivity contribution < 1.29 is 14.2 Å². The van der Waals surface area contributed by atoms with Crippen LogP contribution in [0.15, 0.2) is 17.1 Å². The Labute approximate surface area is 161 Å². The molecule has 2 atom stereocenters. The third-order valence-corrected chi connectivity index (χ3v) is 5.86. The number of thioether (sulfide) groups is 1. The van der Waals surface area contributed by atoms with Crippen molar-refractivity contribution in [2.45, 2.75) is 37.0 Å². The normalized spacial score (nSPS) is 20.0. The molecular formula is C19H31N3O3S. The molecule has 1 aliphatic rings. The van der Waals surface area contributed by atoms with E-state index < -0.39 is 0 Å². The second-order valence-corrected chi connectivity index (χ2v) is 7.41. The number of guanidine groups is 1. The first-order chi connectivity index (χ1) is 12.6. The molecule has 0 saturated heterocycles. The van der Waals surface area contributed by atoms with E-state index in [1.165, 1.54) is 19.3 Å². The van der Waals surface area contributed by atoms with Crippen LogP contribution in [0.5, 0.6) is 17.2 Å². The highest BCUT2D eigenvalue weighted by Crippen LogP contribution is 2.34. The first-order valence-corrected chi connectivity index (χ1v) is 10.2. The molecule has 6 nitrogen and oxygen atoms in total. The molecule has 1 saturated carbocycles. The largest absolute Gasteiger partial charge is 0.496 e. The second kappa shape index (κ2) is 10.4. The Hall–Kier alpha value is -1.76. The molecule has 2 unspecified atom stereocenters. The molecule has 0 heterocycles. The Kier molecular flexibility index (Phi) is 8.22. The molecule has 0 radical (unpaired) electrons. The average Bonchev–Trinajstić information content (AvgIpc) is 3.14. The van der Waals surface area contributed by atoms with Gasteiger partial charge in [-0.05, 0) is 31.9 Å². The van der Waals surface area contributed by atoms with Crippen LogP contribution in [-0.2, 0) is 6.42 Å². The number of hydrogen-bond donors (Lipinski definition) is 2. The maximum atomic E-state index is 5.51. The Morgan fingerprint density at radius 3 is 2.35 bits per heavy atom. The molecular weight excluding hydrogens is 350 g/mol. The Bertz CT molecular complexity index is 585. The van der Waals surface area contributed by atoms with Crippen molar-refractivity contribution in [1.29, 1.82) is 0 Å². The minimum atomic E-state index is 0.503. The summed E-state index contributed by atoms with van der Waals surface area (Å²) in [6.45, 7) is 0.734. The molecule has 146 valence electrons. The van der Waals surface area contributed by atoms with Gasteiger partial charge in [0.1, 0.15) is 17.2 Å². The summed E-state index contributed by atoms with van der Waals surface area (Å²) in [6.07, 6.45) is 6.62. The molecule has 1 aromatic rings. The van der Waals surface area contributed by atoms with Gasteiger partial charge in [-0.1, -0.05) is 0 Å². The molecule has 0 aromatic heterocycles. The molecule has 0 aliphatic heterocycles. The quantitative estimate of drug-likeness (QED) is 0.533. The van der Waals surface area contributed by atoms with E-state index in [1.54, 1.807) is 21.3 Å². The number of rotatable bonds is 8. The van der Waals surface area contributed by atoms with Crippen LogP contribution in [0.25, 0.3) is 0 Å². The van der Waals surface area contributed by atoms with E-state index in [1.807, 2.05) is 30.9 Å². The smallest absolute Gasteiger partial charge is 0.191 e. The second-order valence-electron chi connectivity index (χ2n) is 6.27. The summed E-state index contributed by atoms with van der Waals surface area (Å²) in [6, 6.07) is 4.27. The number of hydrogen-bond acceptors (Lipinski definition) is 5. The molecule has 1 aliphatic carbocycles. The highest BCUT2D eigenvalue weighted by atomic mass is 32.2. The Morgan fingerprint density at radius 1 is 1.15 bits per heavy atom. The van der Waals surface area contributed by atoms with Crippen molar-refractivity contribution >= 4 is 17.7 Å². The van der Waals surface area contributed by atoms with Gasteiger partial charge in [-0.15, -0.1) is 0 Å². The van der Waals surface area contributed by atoms with Gasteiger partial charge < -0.3 is 24.8 Å². The molecule has 1 aromatic carbocycles. The third kappa shape index (κ3) is 5.37. The van der Waals surface area contributed by atoms with Crippen LogP contribution in [0.4, 0.5) is 0 Å². The molecule has 0 amide bonds. The van der Waals surface area contributed by atoms with Gasteiger partial charge in [0.2, 0.25) is 0 Å². The third-order valence-electron chi connectivity index (χ3n) is 4.77. The fourth-order valence-corrected chi connectivity index (χ4v) is 4.10. The van der Waals surface area contributed by atoms with Crippen LogP contribution in [-0.4, -0.2) is 58.4 Å². The van der Waals surface area contributed by atoms with Gasteiger partial charge in [-0.3, -0.25) is 4.99 Å². The SMILES string of the molecule is CN=C(NCCc1c(OC)cc(OC)cc1OC)NC1CCC(SC)C1. The summed E-state index contributed by atoms with van der Waals surface area (Å²) in [4.78, 5) is 4.35. The molecule has 2 N–H and O–H groups in total. The van der Waals surface area contributed by atoms with Gasteiger partial charge in [0.05, 0.1) is 21.3 Å². The zero-order valence-electron chi connectivity index (χ0n) is 16.4. The van der Waals surface area contributed by atoms with Gasteiger partial charge >= 0.3 is 0 Å². The summed E-state index contributed by atoms with van der Waals surface area (Å²) < 4.78 is 16.3. The Balaban J connectivity index is 1.93. The van der Waals surface area contributed by atoms with Gasteiger partial charge in [0.25, 0.3) is 0 Å². The predicted molar refractivity (Wildman–Crippen MR) is 109 cm³/mol. The number of benzene rings is 1. The number of methoxy groups -OCH3 is 3. The maximum absolute atomic E-state index is 5.51. The highest BCUT2D eigenvalue weighted by molar-refractivity contribution is 7.99. The number of aliphatic imine (C=N–C) groups is 1. The van der Waals surface area contributed by atoms with E-state index in [2.05, 4.69) is 21.9 Å². The van der Waals surface area contributed by atoms with Crippen LogP contribution in [0.1, 0.15) is 24.8 Å². The van der Waals surface area contributed by atoms with Crippen molar-refractivity contribution in [1.82, 2.24) is 10.6 Å². The van der Waals surface area contributed by atoms with Crippen LogP contribution >= 0.6 is 11.8 Å². The highest BCUT2D eigenvalue weighted by Gasteiger charge is 2.24. The summed E-state index contributed by atoms with van der Waals surface area (Å²) in [7, 11) is 6.77. The van der Waals surface area contributed by atoms with Crippen molar-refractivity contribution in [3.63, 3.8) is 0 Å². The summed E-state index contributed by atoms with van der Waals surface area (Å²) in [5.41, 5.74) is 1.02. The first-order valence-electron chi connectivity index (χ1n) is 8.94. The zero-order valence-corrected chi connectivity index (χ0v) is 17.2. The van der Waals surface area contributed by atoms with Gasteiger partial charge in [0, 0.05) is 42.6 Å². The number of ether oxygens (including phenoxy) is 3. The minimum absolute atomic E-state index is 0.503. The summed E-state index contributed by atoms with van der Waals surface area (Å²) in [5, 5.41) is 7.70. The van der Waals surface area contributed by atoms with Gasteiger partial charge in [-0.25, -0.2) is 0 Å². The van der Waals surface area contributed by atoms with Crippen LogP contribution in [0, 0.1) is 0 Å². The molecule has 2 rings (SSSR count). The van der Waals surface area contributed by atoms with Gasteiger partial charge in [0.15, 0.2) is 5.96 Å². The lowest BCUT2D eigenvalue weighted by Gasteiger charge is -2.19. The molecule has 0 spiro atoms. The van der Waals surface area contributed by atoms with Crippen molar-refractivity contribution in [2.75, 3.05) is 41.2 Å². The fraction of sp³-hybridized carbons (Fsp3) is 0.632. The summed E-state index contributed by atoms with van der Waals surface area (Å²) in [5.74, 6) is 3.11. The average molecular weight is 382 g/mol. The Morgan fingerprint density at radius 2 is 1.85 bits per heavy atom. The van der Waals surface area contributed by atoms with Crippen LogP contribution < -0.4 is 24.8 Å². The molecule has 1 fully saturated rings. The maximum Gasteiger partial charge on any atom is 0.191 e. The van der Waals surface area contributed by atoms with E-state index in [9.17, 15) is 0 Å². The van der Waals surface area contributed by atoms with E-state index in [-0.39, 0.29) is 0 Å². The molecule has 26 heavy (non-hydrogen) atoms. The number of nitrogens with one attached hydrogen (secondary N) is 2. The van der Waals surface area contributed by atoms with E-state index in [0.717, 1.165) is 47.0 Å². The van der Waals surface area contributed by atoms with Crippen molar-refractivity contribution in [2.24, 2.45) is 4.99 Å². The molecule has 7 heteroatoms. The fourth-order valence-electron chi connectivity index (χ4n) is 3.30. The van der Waals surface area contributed by atoms with Crippen LogP contribution in [0.3, 0.4) is 0 Å². The predicted octanol–water partition coefficient (Wildman–Crippen LogP) is 2.70. The molecule has 0 bridgehead atoms. The van der Waals surface area contributed by atoms with Gasteiger partial charge in [-0.2, -0.15) is 11.8 Å². The van der Waals surface area contributed by atoms with E-state index >= 15 is 0 Å². The minimum Gasteiger partial charge on any atom is -0.496 e. The standard InChI is InChI=1S/C19H31N3O3S/c1-20-19(22-13-6-7-15(10-13)26-5)21-9-8-16-17(24-3)11-14(23-2)12-18(16)25-4/h11-13,15H,6-10H2,1-5H3,(H2,20,21,22). The number of nitrogens with zero attached hydrogens (tertiary/aromatic N) is 1. The lowest BCUT2D eigenvalue weighted by Crippen LogP contribution is -2.43. The lowest BCUT2D eigenvalue weighted by atomic mass is 10.1. The van der Waals surface area contributed by atoms with Crippen LogP contribution in [0.2, 0.25) is 0 Å². The zero-order chi connectivity index (χ0) is 18.9. The van der Waals surface area contributed by atoms with Crippen molar-refractivity contribution in [3.8, 4) is 17.2 Å². The summed E-state index contributed by atoms with van der Waals surface area (Å²) >= 11 is 1.96. The monoisotopic (exact) mass is 381 g/mol. The first kappa shape index (κ1) is 20.6. The van der Waals surface area contributed by atoms with E-state index in [4.69, 9.17) is 14.2 Å². The van der Waals surface area contributed by atoms with Crippen molar-refractivity contribution in [3.05, 3.63) is 17.7 Å². The topological polar surface area (TPSA) is 64.1 Å².